The first kappa shape index (κ1) is 12.9. The first-order valence-electron chi connectivity index (χ1n) is 5.55. The molecule has 0 heterocycles. The molecule has 2 nitrogen and oxygen atoms in total. The van der Waals surface area contributed by atoms with Gasteiger partial charge in [-0.3, -0.25) is 0 Å². The Hall–Kier alpha value is -1.58. The molecule has 0 aliphatic rings. The Morgan fingerprint density at radius 3 is 2.17 bits per heavy atom. The topological polar surface area (TPSA) is 24.1 Å². The van der Waals surface area contributed by atoms with Gasteiger partial charge in [0.05, 0.1) is 10.7 Å². The number of aryl methyl sites for hydroxylation is 1. The molecule has 0 bridgehead atoms. The molecule has 0 radical (unpaired) electrons. The number of para-hydroxylation sites is 2. The van der Waals surface area contributed by atoms with Crippen molar-refractivity contribution < 1.29 is 0 Å². The molecule has 0 unspecified atom stereocenters. The van der Waals surface area contributed by atoms with E-state index in [0.29, 0.717) is 10.1 Å². The van der Waals surface area contributed by atoms with Crippen LogP contribution in [0.2, 0.25) is 5.02 Å². The molecule has 0 spiro atoms. The summed E-state index contributed by atoms with van der Waals surface area (Å²) in [6.07, 6.45) is 0. The van der Waals surface area contributed by atoms with E-state index in [2.05, 4.69) is 10.6 Å². The van der Waals surface area contributed by atoms with E-state index in [9.17, 15) is 0 Å². The average Bonchev–Trinajstić information content (AvgIpc) is 2.35. The predicted molar refractivity (Wildman–Crippen MR) is 82.5 cm³/mol. The summed E-state index contributed by atoms with van der Waals surface area (Å²) >= 11 is 11.3. The zero-order chi connectivity index (χ0) is 13.0. The van der Waals surface area contributed by atoms with Crippen LogP contribution in [-0.4, -0.2) is 5.11 Å². The van der Waals surface area contributed by atoms with E-state index in [4.69, 9.17) is 23.8 Å². The maximum Gasteiger partial charge on any atom is 0.175 e. The van der Waals surface area contributed by atoms with Crippen LogP contribution in [0, 0.1) is 6.92 Å². The molecule has 4 heteroatoms. The van der Waals surface area contributed by atoms with Gasteiger partial charge in [-0.25, -0.2) is 0 Å². The summed E-state index contributed by atoms with van der Waals surface area (Å²) in [6.45, 7) is 2.03. The molecule has 2 aromatic rings. The average molecular weight is 277 g/mol. The Balaban J connectivity index is 2.06. The highest BCUT2D eigenvalue weighted by molar-refractivity contribution is 7.80. The van der Waals surface area contributed by atoms with Crippen LogP contribution in [0.5, 0.6) is 0 Å². The molecule has 0 aliphatic carbocycles. The number of anilines is 2. The van der Waals surface area contributed by atoms with E-state index in [-0.39, 0.29) is 0 Å². The van der Waals surface area contributed by atoms with E-state index < -0.39 is 0 Å². The van der Waals surface area contributed by atoms with Gasteiger partial charge in [0, 0.05) is 5.69 Å². The van der Waals surface area contributed by atoms with E-state index in [1.807, 2.05) is 55.5 Å². The number of hydrogen-bond acceptors (Lipinski definition) is 1. The summed E-state index contributed by atoms with van der Waals surface area (Å²) < 4.78 is 0. The van der Waals surface area contributed by atoms with Gasteiger partial charge in [0.1, 0.15) is 0 Å². The lowest BCUT2D eigenvalue weighted by Crippen LogP contribution is -2.19. The smallest absolute Gasteiger partial charge is 0.175 e. The maximum atomic E-state index is 6.05. The van der Waals surface area contributed by atoms with E-state index >= 15 is 0 Å². The highest BCUT2D eigenvalue weighted by Gasteiger charge is 2.03. The van der Waals surface area contributed by atoms with Crippen LogP contribution in [0.15, 0.2) is 48.5 Å². The first-order valence-corrected chi connectivity index (χ1v) is 6.33. The van der Waals surface area contributed by atoms with Gasteiger partial charge in [-0.15, -0.1) is 0 Å². The molecule has 18 heavy (non-hydrogen) atoms. The molecule has 0 fully saturated rings. The fourth-order valence-electron chi connectivity index (χ4n) is 1.55. The minimum absolute atomic E-state index is 0.525. The highest BCUT2D eigenvalue weighted by atomic mass is 35.5. The van der Waals surface area contributed by atoms with Gasteiger partial charge in [-0.05, 0) is 42.9 Å². The van der Waals surface area contributed by atoms with Crippen molar-refractivity contribution in [3.8, 4) is 0 Å². The van der Waals surface area contributed by atoms with Gasteiger partial charge in [0.2, 0.25) is 0 Å². The quantitative estimate of drug-likeness (QED) is 0.792. The molecule has 2 aromatic carbocycles. The molecule has 0 atom stereocenters. The number of rotatable bonds is 2. The van der Waals surface area contributed by atoms with E-state index in [0.717, 1.165) is 16.9 Å². The molecule has 0 saturated carbocycles. The van der Waals surface area contributed by atoms with Gasteiger partial charge in [0.15, 0.2) is 5.11 Å². The van der Waals surface area contributed by atoms with Crippen LogP contribution >= 0.6 is 23.8 Å². The van der Waals surface area contributed by atoms with Crippen molar-refractivity contribution in [3.05, 3.63) is 59.1 Å². The summed E-state index contributed by atoms with van der Waals surface area (Å²) in [6, 6.07) is 15.5. The molecule has 92 valence electrons. The van der Waals surface area contributed by atoms with Crippen molar-refractivity contribution in [1.29, 1.82) is 0 Å². The number of halogens is 1. The Bertz CT molecular complexity index is 520. The fourth-order valence-corrected chi connectivity index (χ4v) is 1.95. The lowest BCUT2D eigenvalue weighted by molar-refractivity contribution is 1.45. The van der Waals surface area contributed by atoms with Gasteiger partial charge >= 0.3 is 0 Å². The SMILES string of the molecule is Cc1ccccc1NC(=S)Nc1ccccc1Cl. The van der Waals surface area contributed by atoms with Crippen LogP contribution in [0.3, 0.4) is 0 Å². The Morgan fingerprint density at radius 1 is 0.944 bits per heavy atom. The highest BCUT2D eigenvalue weighted by Crippen LogP contribution is 2.21. The minimum atomic E-state index is 0.525. The van der Waals surface area contributed by atoms with Gasteiger partial charge in [-0.2, -0.15) is 0 Å². The number of thiocarbonyl (C=S) groups is 1. The van der Waals surface area contributed by atoms with Crippen molar-refractivity contribution in [2.24, 2.45) is 0 Å². The molecule has 0 saturated heterocycles. The van der Waals surface area contributed by atoms with Crippen molar-refractivity contribution in [1.82, 2.24) is 0 Å². The molecule has 0 aromatic heterocycles. The predicted octanol–water partition coefficient (Wildman–Crippen LogP) is 4.46. The lowest BCUT2D eigenvalue weighted by Gasteiger charge is -2.13. The summed E-state index contributed by atoms with van der Waals surface area (Å²) in [5.74, 6) is 0. The number of hydrogen-bond donors (Lipinski definition) is 2. The van der Waals surface area contributed by atoms with Crippen LogP contribution in [0.1, 0.15) is 5.56 Å². The summed E-state index contributed by atoms with van der Waals surface area (Å²) in [5, 5.41) is 7.39. The zero-order valence-corrected chi connectivity index (χ0v) is 11.5. The third-order valence-corrected chi connectivity index (χ3v) is 3.05. The fraction of sp³-hybridized carbons (Fsp3) is 0.0714. The largest absolute Gasteiger partial charge is 0.332 e. The summed E-state index contributed by atoms with van der Waals surface area (Å²) in [5.41, 5.74) is 2.92. The minimum Gasteiger partial charge on any atom is -0.332 e. The van der Waals surface area contributed by atoms with Crippen LogP contribution in [0.4, 0.5) is 11.4 Å². The molecular formula is C14H13ClN2S. The first-order chi connectivity index (χ1) is 8.66. The molecule has 0 aliphatic heterocycles. The van der Waals surface area contributed by atoms with Crippen molar-refractivity contribution in [2.75, 3.05) is 10.6 Å². The van der Waals surface area contributed by atoms with Gasteiger partial charge in [-0.1, -0.05) is 41.9 Å². The Labute approximate surface area is 117 Å². The standard InChI is InChI=1S/C14H13ClN2S/c1-10-6-2-4-8-12(10)16-14(18)17-13-9-5-3-7-11(13)15/h2-9H,1H3,(H2,16,17,18). The third-order valence-electron chi connectivity index (χ3n) is 2.52. The number of nitrogens with one attached hydrogen (secondary N) is 2. The summed E-state index contributed by atoms with van der Waals surface area (Å²) in [4.78, 5) is 0. The normalized spacial score (nSPS) is 9.89. The maximum absolute atomic E-state index is 6.05. The molecule has 0 amide bonds. The summed E-state index contributed by atoms with van der Waals surface area (Å²) in [7, 11) is 0. The van der Waals surface area contributed by atoms with Crippen LogP contribution in [-0.2, 0) is 0 Å². The Kier molecular flexibility index (Phi) is 4.18. The second kappa shape index (κ2) is 5.85. The third kappa shape index (κ3) is 3.22. The molecule has 2 N–H and O–H groups in total. The van der Waals surface area contributed by atoms with Gasteiger partial charge in [0.25, 0.3) is 0 Å². The van der Waals surface area contributed by atoms with Crippen LogP contribution in [0.25, 0.3) is 0 Å². The molecule has 2 rings (SSSR count). The van der Waals surface area contributed by atoms with Gasteiger partial charge < -0.3 is 10.6 Å². The zero-order valence-electron chi connectivity index (χ0n) is 9.91. The monoisotopic (exact) mass is 276 g/mol. The van der Waals surface area contributed by atoms with Crippen molar-refractivity contribution in [3.63, 3.8) is 0 Å². The second-order valence-corrected chi connectivity index (χ2v) is 4.69. The molecular weight excluding hydrogens is 264 g/mol. The van der Waals surface area contributed by atoms with Crippen molar-refractivity contribution >= 4 is 40.3 Å². The van der Waals surface area contributed by atoms with Crippen LogP contribution < -0.4 is 10.6 Å². The van der Waals surface area contributed by atoms with E-state index in [1.54, 1.807) is 0 Å². The van der Waals surface area contributed by atoms with E-state index in [1.165, 1.54) is 0 Å². The second-order valence-electron chi connectivity index (χ2n) is 3.87. The number of benzene rings is 2. The van der Waals surface area contributed by atoms with Crippen molar-refractivity contribution in [2.45, 2.75) is 6.92 Å². The Morgan fingerprint density at radius 2 is 1.50 bits per heavy atom. The lowest BCUT2D eigenvalue weighted by atomic mass is 10.2.